The first-order chi connectivity index (χ1) is 7.85. The van der Waals surface area contributed by atoms with E-state index in [4.69, 9.17) is 0 Å². The highest BCUT2D eigenvalue weighted by atomic mass is 32.2. The Morgan fingerprint density at radius 2 is 1.88 bits per heavy atom. The van der Waals surface area contributed by atoms with Crippen molar-refractivity contribution in [2.24, 2.45) is 5.73 Å². The van der Waals surface area contributed by atoms with Crippen LogP contribution >= 0.6 is 0 Å². The van der Waals surface area contributed by atoms with Crippen LogP contribution < -0.4 is 11.1 Å². The summed E-state index contributed by atoms with van der Waals surface area (Å²) >= 11 is 0. The number of nitrogens with one attached hydrogen (secondary N) is 1. The molecule has 1 atom stereocenters. The van der Waals surface area contributed by atoms with Crippen molar-refractivity contribution in [1.82, 2.24) is 5.32 Å². The van der Waals surface area contributed by atoms with Gasteiger partial charge in [0.1, 0.15) is 0 Å². The molecule has 1 aromatic carbocycles. The van der Waals surface area contributed by atoms with Gasteiger partial charge in [-0.3, -0.25) is 15.4 Å². The topological polar surface area (TPSA) is 132 Å². The Morgan fingerprint density at radius 3 is 2.29 bits per heavy atom. The summed E-state index contributed by atoms with van der Waals surface area (Å²) in [7, 11) is -4.31. The molecule has 0 aromatic heterocycles. The number of carbonyl (C=O) groups is 1. The number of nitrogens with two attached hydrogens (primary N) is 1. The van der Waals surface area contributed by atoms with E-state index in [1.54, 1.807) is 11.4 Å². The molecule has 17 heavy (non-hydrogen) atoms. The van der Waals surface area contributed by atoms with Gasteiger partial charge in [-0.25, -0.2) is 13.2 Å². The summed E-state index contributed by atoms with van der Waals surface area (Å²) in [5.41, 5.74) is 2.40. The highest BCUT2D eigenvalue weighted by molar-refractivity contribution is 7.91. The van der Waals surface area contributed by atoms with Crippen LogP contribution in [0.4, 0.5) is 4.79 Å². The van der Waals surface area contributed by atoms with Gasteiger partial charge in [-0.1, -0.05) is 18.2 Å². The van der Waals surface area contributed by atoms with E-state index in [-0.39, 0.29) is 4.90 Å². The van der Waals surface area contributed by atoms with Gasteiger partial charge >= 0.3 is 11.5 Å². The van der Waals surface area contributed by atoms with Gasteiger partial charge in [-0.05, 0) is 12.1 Å². The third kappa shape index (κ3) is 2.91. The van der Waals surface area contributed by atoms with E-state index in [1.165, 1.54) is 24.3 Å². The lowest BCUT2D eigenvalue weighted by Gasteiger charge is -2.10. The smallest absolute Gasteiger partial charge is 0.351 e. The summed E-state index contributed by atoms with van der Waals surface area (Å²) in [4.78, 5) is 19.7. The maximum Gasteiger partial charge on any atom is 0.392 e. The fourth-order valence-electron chi connectivity index (χ4n) is 1.10. The molecule has 0 radical (unpaired) electrons. The van der Waals surface area contributed by atoms with Crippen LogP contribution in [-0.4, -0.2) is 24.9 Å². The van der Waals surface area contributed by atoms with E-state index in [1.807, 2.05) is 0 Å². The molecule has 0 aliphatic heterocycles. The van der Waals surface area contributed by atoms with Gasteiger partial charge in [-0.15, -0.1) is 0 Å². The van der Waals surface area contributed by atoms with Crippen LogP contribution in [0.3, 0.4) is 0 Å². The van der Waals surface area contributed by atoms with Crippen LogP contribution in [0.5, 0.6) is 0 Å². The molecule has 0 saturated heterocycles. The van der Waals surface area contributed by atoms with Gasteiger partial charge in [0.2, 0.25) is 0 Å². The maximum atomic E-state index is 11.8. The summed E-state index contributed by atoms with van der Waals surface area (Å²) < 4.78 is 23.6. The van der Waals surface area contributed by atoms with Crippen molar-refractivity contribution < 1.29 is 18.1 Å². The van der Waals surface area contributed by atoms with E-state index in [2.05, 4.69) is 5.73 Å². The van der Waals surface area contributed by atoms with Crippen LogP contribution in [0.1, 0.15) is 0 Å². The van der Waals surface area contributed by atoms with Crippen molar-refractivity contribution in [3.8, 4) is 0 Å². The monoisotopic (exact) mass is 259 g/mol. The largest absolute Gasteiger partial charge is 0.392 e. The van der Waals surface area contributed by atoms with Crippen LogP contribution in [-0.2, 0) is 9.84 Å². The SMILES string of the molecule is NC(=O)NC([N+](=O)[O-])S(=O)(=O)c1ccccc1. The van der Waals surface area contributed by atoms with Crippen molar-refractivity contribution >= 4 is 15.9 Å². The third-order valence-electron chi connectivity index (χ3n) is 1.82. The number of primary amides is 1. The molecular formula is C8H9N3O5S. The van der Waals surface area contributed by atoms with Crippen LogP contribution in [0.2, 0.25) is 0 Å². The summed E-state index contributed by atoms with van der Waals surface area (Å²) in [6, 6.07) is 5.47. The van der Waals surface area contributed by atoms with Gasteiger partial charge in [0, 0.05) is 0 Å². The first-order valence-electron chi connectivity index (χ1n) is 4.34. The molecule has 3 N–H and O–H groups in total. The van der Waals surface area contributed by atoms with E-state index in [0.717, 1.165) is 0 Å². The van der Waals surface area contributed by atoms with Crippen molar-refractivity contribution in [1.29, 1.82) is 0 Å². The molecule has 0 spiro atoms. The fourth-order valence-corrected chi connectivity index (χ4v) is 2.40. The Balaban J connectivity index is 3.19. The number of benzene rings is 1. The second-order valence-electron chi connectivity index (χ2n) is 3.00. The molecule has 0 saturated carbocycles. The van der Waals surface area contributed by atoms with Crippen LogP contribution in [0, 0.1) is 10.1 Å². The van der Waals surface area contributed by atoms with Gasteiger partial charge in [0.15, 0.2) is 0 Å². The summed E-state index contributed by atoms with van der Waals surface area (Å²) in [6.07, 6.45) is 0. The second kappa shape index (κ2) is 4.78. The molecule has 0 aliphatic rings. The summed E-state index contributed by atoms with van der Waals surface area (Å²) in [6.45, 7) is 0. The molecule has 0 aliphatic carbocycles. The zero-order chi connectivity index (χ0) is 13.1. The number of nitrogens with zero attached hydrogens (tertiary/aromatic N) is 1. The average Bonchev–Trinajstić information content (AvgIpc) is 2.26. The molecule has 0 fully saturated rings. The molecule has 92 valence electrons. The Kier molecular flexibility index (Phi) is 3.63. The van der Waals surface area contributed by atoms with E-state index < -0.39 is 26.3 Å². The molecule has 1 aromatic rings. The maximum absolute atomic E-state index is 11.8. The lowest BCUT2D eigenvalue weighted by molar-refractivity contribution is -0.501. The normalized spacial score (nSPS) is 12.7. The van der Waals surface area contributed by atoms with Gasteiger partial charge in [0.25, 0.3) is 9.84 Å². The molecule has 2 amide bonds. The molecular weight excluding hydrogens is 250 g/mol. The average molecular weight is 259 g/mol. The minimum atomic E-state index is -4.31. The number of sulfone groups is 1. The molecule has 1 rings (SSSR count). The fraction of sp³-hybridized carbons (Fsp3) is 0.125. The van der Waals surface area contributed by atoms with Gasteiger partial charge < -0.3 is 5.73 Å². The highest BCUT2D eigenvalue weighted by Crippen LogP contribution is 2.14. The minimum absolute atomic E-state index is 0.268. The third-order valence-corrected chi connectivity index (χ3v) is 3.63. The second-order valence-corrected chi connectivity index (χ2v) is 5.01. The molecule has 9 heteroatoms. The van der Waals surface area contributed by atoms with E-state index >= 15 is 0 Å². The number of amides is 2. The van der Waals surface area contributed by atoms with E-state index in [9.17, 15) is 23.3 Å². The van der Waals surface area contributed by atoms with Gasteiger partial charge in [-0.2, -0.15) is 0 Å². The zero-order valence-electron chi connectivity index (χ0n) is 8.44. The highest BCUT2D eigenvalue weighted by Gasteiger charge is 2.38. The van der Waals surface area contributed by atoms with Crippen molar-refractivity contribution in [2.45, 2.75) is 10.4 Å². The zero-order valence-corrected chi connectivity index (χ0v) is 9.25. The predicted molar refractivity (Wildman–Crippen MR) is 57.1 cm³/mol. The number of hydrogen-bond acceptors (Lipinski definition) is 5. The lowest BCUT2D eigenvalue weighted by atomic mass is 10.4. The lowest BCUT2D eigenvalue weighted by Crippen LogP contribution is -2.48. The Bertz CT molecular complexity index is 527. The number of hydrogen-bond donors (Lipinski definition) is 2. The van der Waals surface area contributed by atoms with Crippen molar-refractivity contribution in [3.63, 3.8) is 0 Å². The number of nitro groups is 1. The van der Waals surface area contributed by atoms with Crippen molar-refractivity contribution in [2.75, 3.05) is 0 Å². The molecule has 8 nitrogen and oxygen atoms in total. The summed E-state index contributed by atoms with van der Waals surface area (Å²) in [5, 5.41) is 12.2. The Labute approximate surface area is 96.5 Å². The first kappa shape index (κ1) is 12.9. The molecule has 0 bridgehead atoms. The van der Waals surface area contributed by atoms with E-state index in [0.29, 0.717) is 0 Å². The first-order valence-corrected chi connectivity index (χ1v) is 5.88. The van der Waals surface area contributed by atoms with Crippen molar-refractivity contribution in [3.05, 3.63) is 40.4 Å². The van der Waals surface area contributed by atoms with Gasteiger partial charge in [0.05, 0.1) is 9.82 Å². The Hall–Kier alpha value is -2.16. The molecule has 1 unspecified atom stereocenters. The minimum Gasteiger partial charge on any atom is -0.351 e. The predicted octanol–water partition coefficient (Wildman–Crippen LogP) is -0.311. The summed E-state index contributed by atoms with van der Waals surface area (Å²) in [5.74, 6) is 0. The number of carbonyl (C=O) groups excluding carboxylic acids is 1. The van der Waals surface area contributed by atoms with Crippen LogP contribution in [0.25, 0.3) is 0 Å². The standard InChI is InChI=1S/C8H9N3O5S/c9-7(12)10-8(11(13)14)17(15,16)6-4-2-1-3-5-6/h1-5,8H,(H3,9,10,12). The molecule has 0 heterocycles. The quantitative estimate of drug-likeness (QED) is 0.434. The Morgan fingerprint density at radius 1 is 1.35 bits per heavy atom. The number of urea groups is 1. The van der Waals surface area contributed by atoms with Crippen LogP contribution in [0.15, 0.2) is 35.2 Å². The number of rotatable bonds is 4.